The van der Waals surface area contributed by atoms with Crippen LogP contribution in [0.1, 0.15) is 26.7 Å². The van der Waals surface area contributed by atoms with Gasteiger partial charge in [-0.1, -0.05) is 0 Å². The standard InChI is InChI=1S/C18H26OSeSi/c1-14(2)18(3)13-12-16(17(19-18)21(4,5)6)20-15-10-8-7-9-11-15/h7-11H,1,12-13H2,2-6H3. The molecule has 0 radical (unpaired) electrons. The topological polar surface area (TPSA) is 9.23 Å². The van der Waals surface area contributed by atoms with E-state index in [0.717, 1.165) is 18.4 Å². The Kier molecular flexibility index (Phi) is 4.87. The van der Waals surface area contributed by atoms with E-state index in [0.29, 0.717) is 15.0 Å². The summed E-state index contributed by atoms with van der Waals surface area (Å²) in [5.41, 5.74) is 0.968. The molecule has 0 aromatic heterocycles. The number of allylic oxidation sites excluding steroid dienone is 1. The molecule has 1 atom stereocenters. The van der Waals surface area contributed by atoms with Crippen LogP contribution in [-0.2, 0) is 4.74 Å². The van der Waals surface area contributed by atoms with Gasteiger partial charge in [0, 0.05) is 0 Å². The molecule has 0 saturated carbocycles. The number of benzene rings is 1. The van der Waals surface area contributed by atoms with Gasteiger partial charge in [-0.05, 0) is 0 Å². The van der Waals surface area contributed by atoms with Gasteiger partial charge in [-0.15, -0.1) is 0 Å². The van der Waals surface area contributed by atoms with Gasteiger partial charge in [-0.2, -0.15) is 0 Å². The molecule has 0 aliphatic carbocycles. The average molecular weight is 365 g/mol. The molecule has 114 valence electrons. The Morgan fingerprint density at radius 3 is 2.38 bits per heavy atom. The second-order valence-corrected chi connectivity index (χ2v) is 14.4. The molecule has 0 spiro atoms. The van der Waals surface area contributed by atoms with Gasteiger partial charge in [0.1, 0.15) is 0 Å². The summed E-state index contributed by atoms with van der Waals surface area (Å²) in [6, 6.07) is 10.8. The van der Waals surface area contributed by atoms with Crippen LogP contribution in [0.25, 0.3) is 0 Å². The van der Waals surface area contributed by atoms with Crippen molar-refractivity contribution in [1.29, 1.82) is 0 Å². The normalized spacial score (nSPS) is 22.9. The molecule has 1 nitrogen and oxygen atoms in total. The fraction of sp³-hybridized carbons (Fsp3) is 0.444. The summed E-state index contributed by atoms with van der Waals surface area (Å²) in [5.74, 6) is 0. The quantitative estimate of drug-likeness (QED) is 0.573. The molecule has 0 N–H and O–H groups in total. The van der Waals surface area contributed by atoms with Crippen molar-refractivity contribution in [3.8, 4) is 0 Å². The van der Waals surface area contributed by atoms with Crippen LogP contribution in [0.2, 0.25) is 19.6 Å². The maximum absolute atomic E-state index is 6.54. The van der Waals surface area contributed by atoms with Crippen LogP contribution in [0.15, 0.2) is 52.3 Å². The molecular formula is C18H26OSeSi. The molecule has 1 aromatic rings. The Hall–Kier alpha value is -0.764. The number of hydrogen-bond acceptors (Lipinski definition) is 1. The van der Waals surface area contributed by atoms with Crippen LogP contribution in [0.4, 0.5) is 0 Å². The Morgan fingerprint density at radius 2 is 1.86 bits per heavy atom. The zero-order valence-electron chi connectivity index (χ0n) is 13.8. The van der Waals surface area contributed by atoms with E-state index in [4.69, 9.17) is 4.74 Å². The molecule has 2 rings (SSSR count). The number of hydrogen-bond donors (Lipinski definition) is 0. The van der Waals surface area contributed by atoms with Crippen molar-refractivity contribution in [1.82, 2.24) is 0 Å². The average Bonchev–Trinajstić information content (AvgIpc) is 2.41. The fourth-order valence-corrected chi connectivity index (χ4v) is 8.01. The van der Waals surface area contributed by atoms with E-state index in [2.05, 4.69) is 70.4 Å². The molecule has 1 unspecified atom stereocenters. The van der Waals surface area contributed by atoms with E-state index in [9.17, 15) is 0 Å². The predicted octanol–water partition coefficient (Wildman–Crippen LogP) is 4.25. The van der Waals surface area contributed by atoms with E-state index in [-0.39, 0.29) is 5.60 Å². The summed E-state index contributed by atoms with van der Waals surface area (Å²) >= 11 is 0.382. The Labute approximate surface area is 136 Å². The van der Waals surface area contributed by atoms with Crippen LogP contribution >= 0.6 is 0 Å². The van der Waals surface area contributed by atoms with Gasteiger partial charge in [0.2, 0.25) is 0 Å². The first-order valence-corrected chi connectivity index (χ1v) is 12.8. The molecule has 1 aromatic carbocycles. The van der Waals surface area contributed by atoms with Crippen molar-refractivity contribution < 1.29 is 4.74 Å². The van der Waals surface area contributed by atoms with E-state index in [1.807, 2.05) is 0 Å². The minimum atomic E-state index is -1.48. The molecule has 1 aliphatic heterocycles. The third kappa shape index (κ3) is 3.91. The van der Waals surface area contributed by atoms with Crippen LogP contribution in [0.3, 0.4) is 0 Å². The summed E-state index contributed by atoms with van der Waals surface area (Å²) in [4.78, 5) is 0. The number of ether oxygens (including phenoxy) is 1. The van der Waals surface area contributed by atoms with Gasteiger partial charge in [-0.3, -0.25) is 0 Å². The SMILES string of the molecule is C=C(C)C1(C)CCC([Se]c2ccccc2)=C([Si](C)(C)C)O1. The van der Waals surface area contributed by atoms with Crippen molar-refractivity contribution in [3.05, 3.63) is 52.3 Å². The van der Waals surface area contributed by atoms with Crippen molar-refractivity contribution in [2.24, 2.45) is 0 Å². The van der Waals surface area contributed by atoms with Gasteiger partial charge in [0.25, 0.3) is 0 Å². The molecule has 1 aliphatic rings. The van der Waals surface area contributed by atoms with Gasteiger partial charge in [0.05, 0.1) is 0 Å². The molecule has 0 saturated heterocycles. The molecular weight excluding hydrogens is 339 g/mol. The third-order valence-corrected chi connectivity index (χ3v) is 8.55. The van der Waals surface area contributed by atoms with Crippen LogP contribution < -0.4 is 4.46 Å². The second-order valence-electron chi connectivity index (χ2n) is 7.03. The Morgan fingerprint density at radius 1 is 1.24 bits per heavy atom. The fourth-order valence-electron chi connectivity index (χ4n) is 2.40. The van der Waals surface area contributed by atoms with Gasteiger partial charge in [0.15, 0.2) is 0 Å². The minimum absolute atomic E-state index is 0.175. The summed E-state index contributed by atoms with van der Waals surface area (Å²) in [6.45, 7) is 15.6. The third-order valence-electron chi connectivity index (χ3n) is 3.98. The van der Waals surface area contributed by atoms with E-state index >= 15 is 0 Å². The zero-order chi connectivity index (χ0) is 15.7. The summed E-state index contributed by atoms with van der Waals surface area (Å²) < 4.78 is 9.55. The van der Waals surface area contributed by atoms with Crippen LogP contribution in [0.5, 0.6) is 0 Å². The van der Waals surface area contributed by atoms with E-state index < -0.39 is 8.07 Å². The first-order valence-electron chi connectivity index (χ1n) is 7.54. The first kappa shape index (κ1) is 16.6. The monoisotopic (exact) mass is 366 g/mol. The van der Waals surface area contributed by atoms with Crippen LogP contribution in [0, 0.1) is 0 Å². The van der Waals surface area contributed by atoms with Gasteiger partial charge >= 0.3 is 136 Å². The molecule has 21 heavy (non-hydrogen) atoms. The van der Waals surface area contributed by atoms with E-state index in [1.165, 1.54) is 9.84 Å². The molecule has 0 fully saturated rings. The summed E-state index contributed by atoms with van der Waals surface area (Å²) in [5, 5.41) is 1.32. The van der Waals surface area contributed by atoms with Crippen LogP contribution in [-0.4, -0.2) is 28.6 Å². The molecule has 3 heteroatoms. The molecule has 0 bridgehead atoms. The molecule has 1 heterocycles. The summed E-state index contributed by atoms with van der Waals surface area (Å²) in [7, 11) is -1.48. The zero-order valence-corrected chi connectivity index (χ0v) is 16.5. The first-order chi connectivity index (χ1) is 9.72. The Bertz CT molecular complexity index is 556. The number of rotatable bonds is 4. The Balaban J connectivity index is 2.35. The summed E-state index contributed by atoms with van der Waals surface area (Å²) in [6.07, 6.45) is 2.21. The van der Waals surface area contributed by atoms with Crippen molar-refractivity contribution in [3.63, 3.8) is 0 Å². The van der Waals surface area contributed by atoms with Gasteiger partial charge < -0.3 is 0 Å². The second kappa shape index (κ2) is 6.16. The van der Waals surface area contributed by atoms with Crippen molar-refractivity contribution >= 4 is 27.5 Å². The predicted molar refractivity (Wildman–Crippen MR) is 95.7 cm³/mol. The van der Waals surface area contributed by atoms with E-state index in [1.54, 1.807) is 4.47 Å². The molecule has 0 amide bonds. The maximum atomic E-state index is 6.54. The van der Waals surface area contributed by atoms with Crippen molar-refractivity contribution in [2.75, 3.05) is 0 Å². The van der Waals surface area contributed by atoms with Crippen molar-refractivity contribution in [2.45, 2.75) is 51.9 Å². The van der Waals surface area contributed by atoms with Gasteiger partial charge in [-0.25, -0.2) is 0 Å².